The summed E-state index contributed by atoms with van der Waals surface area (Å²) in [5, 5.41) is 1.15. The fraction of sp³-hybridized carbons (Fsp3) is 0.176. The number of pyridine rings is 1. The topological polar surface area (TPSA) is 28.7 Å². The molecule has 0 saturated carbocycles. The van der Waals surface area contributed by atoms with E-state index in [9.17, 15) is 0 Å². The van der Waals surface area contributed by atoms with E-state index in [0.717, 1.165) is 17.5 Å². The first kappa shape index (κ1) is 12.0. The van der Waals surface area contributed by atoms with Crippen molar-refractivity contribution in [1.82, 2.24) is 9.97 Å². The molecule has 95 valence electrons. The molecule has 0 bridgehead atoms. The van der Waals surface area contributed by atoms with E-state index in [1.54, 1.807) is 0 Å². The molecule has 3 aromatic rings. The molecule has 1 radical (unpaired) electrons. The fourth-order valence-electron chi connectivity index (χ4n) is 2.50. The van der Waals surface area contributed by atoms with Gasteiger partial charge < -0.3 is 4.98 Å². The largest absolute Gasteiger partial charge is 0.346 e. The van der Waals surface area contributed by atoms with E-state index < -0.39 is 0 Å². The van der Waals surface area contributed by atoms with Crippen molar-refractivity contribution >= 4 is 11.0 Å². The van der Waals surface area contributed by atoms with Crippen molar-refractivity contribution in [2.75, 3.05) is 0 Å². The standard InChI is InChI=1S/C17H17N2/c1-3-17(2,14-7-5-4-6-8-14)15-11-13-9-10-18-16(13)19-12-15/h4-12H,1,3H2,2H3,(H,18,19)/t17-/m1/s1. The summed E-state index contributed by atoms with van der Waals surface area (Å²) in [5.41, 5.74) is 3.32. The highest BCUT2D eigenvalue weighted by atomic mass is 14.8. The number of hydrogen-bond donors (Lipinski definition) is 1. The molecule has 1 N–H and O–H groups in total. The van der Waals surface area contributed by atoms with E-state index in [4.69, 9.17) is 0 Å². The van der Waals surface area contributed by atoms with E-state index in [1.165, 1.54) is 11.1 Å². The van der Waals surface area contributed by atoms with Crippen LogP contribution in [0.4, 0.5) is 0 Å². The van der Waals surface area contributed by atoms with Gasteiger partial charge in [-0.3, -0.25) is 0 Å². The molecule has 0 fully saturated rings. The van der Waals surface area contributed by atoms with Gasteiger partial charge in [-0.15, -0.1) is 0 Å². The Labute approximate surface area is 113 Å². The van der Waals surface area contributed by atoms with Crippen molar-refractivity contribution in [3.8, 4) is 0 Å². The molecule has 0 saturated heterocycles. The minimum Gasteiger partial charge on any atom is -0.346 e. The zero-order valence-corrected chi connectivity index (χ0v) is 11.1. The van der Waals surface area contributed by atoms with Gasteiger partial charge in [0.15, 0.2) is 0 Å². The summed E-state index contributed by atoms with van der Waals surface area (Å²) >= 11 is 0. The summed E-state index contributed by atoms with van der Waals surface area (Å²) in [6.07, 6.45) is 4.68. The summed E-state index contributed by atoms with van der Waals surface area (Å²) < 4.78 is 0. The van der Waals surface area contributed by atoms with Crippen molar-refractivity contribution in [3.63, 3.8) is 0 Å². The lowest BCUT2D eigenvalue weighted by atomic mass is 9.75. The number of rotatable bonds is 3. The molecular weight excluding hydrogens is 232 g/mol. The third kappa shape index (κ3) is 1.93. The summed E-state index contributed by atoms with van der Waals surface area (Å²) in [4.78, 5) is 7.63. The van der Waals surface area contributed by atoms with Crippen LogP contribution in [-0.4, -0.2) is 9.97 Å². The quantitative estimate of drug-likeness (QED) is 0.744. The van der Waals surface area contributed by atoms with Crippen molar-refractivity contribution in [2.45, 2.75) is 18.8 Å². The van der Waals surface area contributed by atoms with Crippen LogP contribution >= 0.6 is 0 Å². The smallest absolute Gasteiger partial charge is 0.137 e. The minimum absolute atomic E-state index is 0.0975. The molecule has 1 atom stereocenters. The first-order valence-electron chi connectivity index (χ1n) is 6.52. The van der Waals surface area contributed by atoms with Gasteiger partial charge in [0.25, 0.3) is 0 Å². The lowest BCUT2D eigenvalue weighted by molar-refractivity contribution is 0.577. The predicted molar refractivity (Wildman–Crippen MR) is 79.0 cm³/mol. The zero-order chi connectivity index (χ0) is 13.3. The third-order valence-electron chi connectivity index (χ3n) is 3.95. The van der Waals surface area contributed by atoms with Gasteiger partial charge in [-0.1, -0.05) is 44.2 Å². The van der Waals surface area contributed by atoms with Crippen molar-refractivity contribution in [1.29, 1.82) is 0 Å². The van der Waals surface area contributed by atoms with Crippen LogP contribution in [0.15, 0.2) is 54.9 Å². The average molecular weight is 249 g/mol. The van der Waals surface area contributed by atoms with E-state index in [-0.39, 0.29) is 5.41 Å². The molecule has 3 rings (SSSR count). The van der Waals surface area contributed by atoms with E-state index in [2.05, 4.69) is 60.2 Å². The lowest BCUT2D eigenvalue weighted by Gasteiger charge is -2.29. The van der Waals surface area contributed by atoms with Crippen LogP contribution in [0.5, 0.6) is 0 Å². The Balaban J connectivity index is 2.15. The summed E-state index contributed by atoms with van der Waals surface area (Å²) in [5.74, 6) is 0. The number of nitrogens with one attached hydrogen (secondary N) is 1. The molecular formula is C17H17N2. The van der Waals surface area contributed by atoms with Gasteiger partial charge in [0, 0.05) is 23.2 Å². The van der Waals surface area contributed by atoms with Crippen LogP contribution in [0.3, 0.4) is 0 Å². The normalized spacial score (nSPS) is 14.4. The monoisotopic (exact) mass is 249 g/mol. The van der Waals surface area contributed by atoms with Crippen molar-refractivity contribution < 1.29 is 0 Å². The second-order valence-corrected chi connectivity index (χ2v) is 5.09. The van der Waals surface area contributed by atoms with Gasteiger partial charge in [0.05, 0.1) is 0 Å². The molecule has 19 heavy (non-hydrogen) atoms. The molecule has 2 nitrogen and oxygen atoms in total. The number of H-pyrrole nitrogens is 1. The van der Waals surface area contributed by atoms with Gasteiger partial charge >= 0.3 is 0 Å². The molecule has 2 aromatic heterocycles. The Morgan fingerprint density at radius 1 is 1.16 bits per heavy atom. The Morgan fingerprint density at radius 2 is 1.95 bits per heavy atom. The first-order valence-corrected chi connectivity index (χ1v) is 6.52. The SMILES string of the molecule is [CH2]C[C@](C)(c1ccccc1)c1cnc2[nH]ccc2c1. The van der Waals surface area contributed by atoms with Gasteiger partial charge in [-0.2, -0.15) is 0 Å². The lowest BCUT2D eigenvalue weighted by Crippen LogP contribution is -2.22. The maximum absolute atomic E-state index is 4.50. The minimum atomic E-state index is -0.0975. The molecule has 0 unspecified atom stereocenters. The van der Waals surface area contributed by atoms with Crippen LogP contribution in [-0.2, 0) is 5.41 Å². The Hall–Kier alpha value is -2.09. The number of nitrogens with zero attached hydrogens (tertiary/aromatic N) is 1. The van der Waals surface area contributed by atoms with Crippen LogP contribution in [0.1, 0.15) is 24.5 Å². The average Bonchev–Trinajstić information content (AvgIpc) is 2.94. The van der Waals surface area contributed by atoms with Crippen molar-refractivity contribution in [3.05, 3.63) is 72.9 Å². The van der Waals surface area contributed by atoms with Crippen LogP contribution < -0.4 is 0 Å². The maximum atomic E-state index is 4.50. The second-order valence-electron chi connectivity index (χ2n) is 5.09. The highest BCUT2D eigenvalue weighted by molar-refractivity contribution is 5.76. The molecule has 0 aliphatic heterocycles. The predicted octanol–water partition coefficient (Wildman–Crippen LogP) is 4.09. The number of hydrogen-bond acceptors (Lipinski definition) is 1. The van der Waals surface area contributed by atoms with Gasteiger partial charge in [-0.25, -0.2) is 4.98 Å². The first-order chi connectivity index (χ1) is 9.24. The number of benzene rings is 1. The molecule has 0 aliphatic rings. The molecule has 0 spiro atoms. The maximum Gasteiger partial charge on any atom is 0.137 e. The Bertz CT molecular complexity index is 685. The van der Waals surface area contributed by atoms with Crippen LogP contribution in [0, 0.1) is 6.92 Å². The number of aromatic nitrogens is 2. The Kier molecular flexibility index (Phi) is 2.86. The third-order valence-corrected chi connectivity index (χ3v) is 3.95. The van der Waals surface area contributed by atoms with E-state index in [0.29, 0.717) is 0 Å². The molecule has 0 amide bonds. The molecule has 2 heteroatoms. The number of aromatic amines is 1. The number of fused-ring (bicyclic) bond motifs is 1. The molecule has 0 aliphatic carbocycles. The summed E-state index contributed by atoms with van der Waals surface area (Å²) in [6, 6.07) is 14.8. The highest BCUT2D eigenvalue weighted by Crippen LogP contribution is 2.35. The van der Waals surface area contributed by atoms with Gasteiger partial charge in [-0.05, 0) is 29.7 Å². The molecule has 2 heterocycles. The molecule has 1 aromatic carbocycles. The second kappa shape index (κ2) is 4.54. The van der Waals surface area contributed by atoms with Crippen LogP contribution in [0.25, 0.3) is 11.0 Å². The summed E-state index contributed by atoms with van der Waals surface area (Å²) in [7, 11) is 0. The van der Waals surface area contributed by atoms with Gasteiger partial charge in [0.1, 0.15) is 5.65 Å². The highest BCUT2D eigenvalue weighted by Gasteiger charge is 2.27. The van der Waals surface area contributed by atoms with Crippen LogP contribution in [0.2, 0.25) is 0 Å². The zero-order valence-electron chi connectivity index (χ0n) is 11.1. The Morgan fingerprint density at radius 3 is 2.68 bits per heavy atom. The van der Waals surface area contributed by atoms with E-state index in [1.807, 2.05) is 18.5 Å². The van der Waals surface area contributed by atoms with Gasteiger partial charge in [0.2, 0.25) is 0 Å². The summed E-state index contributed by atoms with van der Waals surface area (Å²) in [6.45, 7) is 6.37. The van der Waals surface area contributed by atoms with E-state index >= 15 is 0 Å². The van der Waals surface area contributed by atoms with Crippen molar-refractivity contribution in [2.24, 2.45) is 0 Å². The fourth-order valence-corrected chi connectivity index (χ4v) is 2.50.